The number of rotatable bonds is 6. The molecule has 0 radical (unpaired) electrons. The van der Waals surface area contributed by atoms with Crippen molar-refractivity contribution in [1.29, 1.82) is 5.26 Å². The second kappa shape index (κ2) is 7.10. The molecular weight excluding hydrogens is 178 g/mol. The van der Waals surface area contributed by atoms with E-state index < -0.39 is 6.04 Å². The zero-order chi connectivity index (χ0) is 11.0. The van der Waals surface area contributed by atoms with Gasteiger partial charge in [0.25, 0.3) is 0 Å². The molecule has 2 unspecified atom stereocenters. The van der Waals surface area contributed by atoms with Crippen LogP contribution in [0, 0.1) is 11.3 Å². The Hall–Kier alpha value is -1.34. The first-order valence-corrected chi connectivity index (χ1v) is 4.69. The number of nitriles is 1. The lowest BCUT2D eigenvalue weighted by atomic mass is 10.1. The van der Waals surface area contributed by atoms with E-state index in [9.17, 15) is 4.79 Å². The van der Waals surface area contributed by atoms with Crippen molar-refractivity contribution in [2.75, 3.05) is 0 Å². The summed E-state index contributed by atoms with van der Waals surface area (Å²) in [5.74, 6) is -0.216. The summed E-state index contributed by atoms with van der Waals surface area (Å²) in [6.07, 6.45) is 3.12. The van der Waals surface area contributed by atoms with Gasteiger partial charge < -0.3 is 11.1 Å². The lowest BCUT2D eigenvalue weighted by Crippen LogP contribution is -2.44. The predicted molar refractivity (Wildman–Crippen MR) is 55.2 cm³/mol. The standard InChI is InChI=1S/C10H17N3O/c1-3-5-9(12)10(14)13-8(4-2)6-7-11/h3,8-9H,1,4-6,12H2,2H3,(H,13,14). The van der Waals surface area contributed by atoms with Gasteiger partial charge in [-0.3, -0.25) is 4.79 Å². The Labute approximate surface area is 84.8 Å². The second-order valence-corrected chi connectivity index (χ2v) is 3.11. The first kappa shape index (κ1) is 12.7. The van der Waals surface area contributed by atoms with Crippen molar-refractivity contribution in [3.8, 4) is 6.07 Å². The Morgan fingerprint density at radius 2 is 2.43 bits per heavy atom. The first-order chi connectivity index (χ1) is 6.65. The molecule has 0 aromatic heterocycles. The molecule has 0 heterocycles. The smallest absolute Gasteiger partial charge is 0.237 e. The number of hydrogen-bond donors (Lipinski definition) is 2. The van der Waals surface area contributed by atoms with Gasteiger partial charge in [-0.05, 0) is 12.8 Å². The van der Waals surface area contributed by atoms with Crippen molar-refractivity contribution in [2.24, 2.45) is 5.73 Å². The summed E-state index contributed by atoms with van der Waals surface area (Å²) in [7, 11) is 0. The van der Waals surface area contributed by atoms with Crippen LogP contribution in [0.25, 0.3) is 0 Å². The number of carbonyl (C=O) groups is 1. The fourth-order valence-electron chi connectivity index (χ4n) is 1.00. The third-order valence-corrected chi connectivity index (χ3v) is 1.93. The molecule has 4 nitrogen and oxygen atoms in total. The van der Waals surface area contributed by atoms with Crippen LogP contribution < -0.4 is 11.1 Å². The molecule has 0 aromatic rings. The highest BCUT2D eigenvalue weighted by atomic mass is 16.2. The Balaban J connectivity index is 4.02. The van der Waals surface area contributed by atoms with E-state index in [1.165, 1.54) is 0 Å². The fraction of sp³-hybridized carbons (Fsp3) is 0.600. The second-order valence-electron chi connectivity index (χ2n) is 3.11. The molecule has 0 aliphatic carbocycles. The highest BCUT2D eigenvalue weighted by Gasteiger charge is 2.15. The summed E-state index contributed by atoms with van der Waals surface area (Å²) in [4.78, 5) is 11.4. The lowest BCUT2D eigenvalue weighted by molar-refractivity contribution is -0.123. The Morgan fingerprint density at radius 1 is 1.79 bits per heavy atom. The fourth-order valence-corrected chi connectivity index (χ4v) is 1.00. The van der Waals surface area contributed by atoms with Gasteiger partial charge >= 0.3 is 0 Å². The van der Waals surface area contributed by atoms with Crippen LogP contribution in [0.15, 0.2) is 12.7 Å². The monoisotopic (exact) mass is 195 g/mol. The van der Waals surface area contributed by atoms with Crippen molar-refractivity contribution in [3.05, 3.63) is 12.7 Å². The highest BCUT2D eigenvalue weighted by molar-refractivity contribution is 5.81. The zero-order valence-electron chi connectivity index (χ0n) is 8.49. The normalized spacial score (nSPS) is 13.8. The molecule has 0 fully saturated rings. The van der Waals surface area contributed by atoms with E-state index in [0.717, 1.165) is 6.42 Å². The van der Waals surface area contributed by atoms with Gasteiger partial charge in [0.15, 0.2) is 0 Å². The van der Waals surface area contributed by atoms with Gasteiger partial charge in [-0.2, -0.15) is 5.26 Å². The quantitative estimate of drug-likeness (QED) is 0.612. The molecule has 78 valence electrons. The van der Waals surface area contributed by atoms with Gasteiger partial charge in [-0.1, -0.05) is 13.0 Å². The molecule has 14 heavy (non-hydrogen) atoms. The van der Waals surface area contributed by atoms with E-state index in [1.54, 1.807) is 6.08 Å². The summed E-state index contributed by atoms with van der Waals surface area (Å²) in [6.45, 7) is 5.42. The van der Waals surface area contributed by atoms with E-state index in [1.807, 2.05) is 13.0 Å². The van der Waals surface area contributed by atoms with Gasteiger partial charge in [-0.15, -0.1) is 6.58 Å². The van der Waals surface area contributed by atoms with Gasteiger partial charge in [0.1, 0.15) is 0 Å². The summed E-state index contributed by atoms with van der Waals surface area (Å²) < 4.78 is 0. The number of nitrogens with one attached hydrogen (secondary N) is 1. The average molecular weight is 195 g/mol. The average Bonchev–Trinajstić information content (AvgIpc) is 2.17. The van der Waals surface area contributed by atoms with Gasteiger partial charge in [0.2, 0.25) is 5.91 Å². The van der Waals surface area contributed by atoms with Crippen molar-refractivity contribution in [2.45, 2.75) is 38.3 Å². The molecule has 0 rings (SSSR count). The van der Waals surface area contributed by atoms with Crippen molar-refractivity contribution in [1.82, 2.24) is 5.32 Å². The number of hydrogen-bond acceptors (Lipinski definition) is 3. The minimum absolute atomic E-state index is 0.0941. The molecule has 3 N–H and O–H groups in total. The molecule has 2 atom stereocenters. The first-order valence-electron chi connectivity index (χ1n) is 4.69. The highest BCUT2D eigenvalue weighted by Crippen LogP contribution is 1.98. The number of amides is 1. The van der Waals surface area contributed by atoms with E-state index >= 15 is 0 Å². The van der Waals surface area contributed by atoms with Crippen LogP contribution in [0.2, 0.25) is 0 Å². The Bertz CT molecular complexity index is 232. The number of nitrogens with two attached hydrogens (primary N) is 1. The minimum Gasteiger partial charge on any atom is -0.351 e. The third kappa shape index (κ3) is 4.63. The maximum Gasteiger partial charge on any atom is 0.237 e. The van der Waals surface area contributed by atoms with Crippen LogP contribution in [-0.4, -0.2) is 18.0 Å². The van der Waals surface area contributed by atoms with Gasteiger partial charge in [0.05, 0.1) is 18.5 Å². The molecule has 0 saturated heterocycles. The topological polar surface area (TPSA) is 78.9 Å². The van der Waals surface area contributed by atoms with Crippen LogP contribution in [0.1, 0.15) is 26.2 Å². The van der Waals surface area contributed by atoms with E-state index in [2.05, 4.69) is 11.9 Å². The molecule has 0 bridgehead atoms. The lowest BCUT2D eigenvalue weighted by Gasteiger charge is -2.16. The molecule has 0 aliphatic heterocycles. The van der Waals surface area contributed by atoms with Gasteiger partial charge in [-0.25, -0.2) is 0 Å². The summed E-state index contributed by atoms with van der Waals surface area (Å²) in [5.41, 5.74) is 5.56. The SMILES string of the molecule is C=CCC(N)C(=O)NC(CC)CC#N. The van der Waals surface area contributed by atoms with E-state index in [0.29, 0.717) is 12.8 Å². The zero-order valence-corrected chi connectivity index (χ0v) is 8.49. The largest absolute Gasteiger partial charge is 0.351 e. The summed E-state index contributed by atoms with van der Waals surface area (Å²) >= 11 is 0. The van der Waals surface area contributed by atoms with Gasteiger partial charge in [0, 0.05) is 6.04 Å². The van der Waals surface area contributed by atoms with Crippen molar-refractivity contribution >= 4 is 5.91 Å². The van der Waals surface area contributed by atoms with Crippen LogP contribution in [0.3, 0.4) is 0 Å². The van der Waals surface area contributed by atoms with Crippen molar-refractivity contribution < 1.29 is 4.79 Å². The van der Waals surface area contributed by atoms with Crippen LogP contribution in [-0.2, 0) is 4.79 Å². The molecule has 0 spiro atoms. The van der Waals surface area contributed by atoms with Crippen molar-refractivity contribution in [3.63, 3.8) is 0 Å². The summed E-state index contributed by atoms with van der Waals surface area (Å²) in [5, 5.41) is 11.2. The molecule has 0 saturated carbocycles. The maximum atomic E-state index is 11.4. The predicted octanol–water partition coefficient (Wildman–Crippen LogP) is 0.698. The van der Waals surface area contributed by atoms with E-state index in [4.69, 9.17) is 11.0 Å². The maximum absolute atomic E-state index is 11.4. The van der Waals surface area contributed by atoms with E-state index in [-0.39, 0.29) is 11.9 Å². The molecular formula is C10H17N3O. The molecule has 4 heteroatoms. The number of nitrogens with zero attached hydrogens (tertiary/aromatic N) is 1. The molecule has 1 amide bonds. The summed E-state index contributed by atoms with van der Waals surface area (Å²) in [6, 6.07) is 1.37. The minimum atomic E-state index is -0.555. The Morgan fingerprint density at radius 3 is 2.86 bits per heavy atom. The molecule has 0 aromatic carbocycles. The van der Waals surface area contributed by atoms with Crippen LogP contribution in [0.4, 0.5) is 0 Å². The molecule has 0 aliphatic rings. The number of carbonyl (C=O) groups excluding carboxylic acids is 1. The van der Waals surface area contributed by atoms with Crippen LogP contribution in [0.5, 0.6) is 0 Å². The van der Waals surface area contributed by atoms with Crippen LogP contribution >= 0.6 is 0 Å². The third-order valence-electron chi connectivity index (χ3n) is 1.93. The Kier molecular flexibility index (Phi) is 6.42.